The highest BCUT2D eigenvalue weighted by Crippen LogP contribution is 2.23. The lowest BCUT2D eigenvalue weighted by Crippen LogP contribution is -2.22. The predicted octanol–water partition coefficient (Wildman–Crippen LogP) is 3.96. The number of ether oxygens (including phenoxy) is 1. The van der Waals surface area contributed by atoms with Crippen LogP contribution >= 0.6 is 12.4 Å². The summed E-state index contributed by atoms with van der Waals surface area (Å²) in [6, 6.07) is 19.3. The Balaban J connectivity index is 0.00000200. The van der Waals surface area contributed by atoms with Gasteiger partial charge >= 0.3 is 0 Å². The minimum Gasteiger partial charge on any atom is -0.497 e. The monoisotopic (exact) mass is 291 g/mol. The fraction of sp³-hybridized carbons (Fsp3) is 0.294. The van der Waals surface area contributed by atoms with E-state index in [4.69, 9.17) is 4.74 Å². The first-order chi connectivity index (χ1) is 9.20. The van der Waals surface area contributed by atoms with Gasteiger partial charge < -0.3 is 9.64 Å². The third kappa shape index (κ3) is 4.26. The number of nitrogens with zero attached hydrogens (tertiary/aromatic N) is 1. The standard InChI is InChI=1S/C17H21NO.ClH/c1-18(2)17(15-7-5-4-6-8-15)13-14-9-11-16(19-3)12-10-14;/h4-12,17H,13H2,1-3H3;1H. The molecule has 2 aromatic rings. The topological polar surface area (TPSA) is 12.5 Å². The highest BCUT2D eigenvalue weighted by atomic mass is 35.5. The molecule has 0 amide bonds. The Morgan fingerprint density at radius 3 is 2.05 bits per heavy atom. The van der Waals surface area contributed by atoms with Crippen LogP contribution in [0.5, 0.6) is 5.75 Å². The molecule has 20 heavy (non-hydrogen) atoms. The van der Waals surface area contributed by atoms with Gasteiger partial charge in [0.1, 0.15) is 5.75 Å². The van der Waals surface area contributed by atoms with Crippen molar-refractivity contribution >= 4 is 12.4 Å². The first-order valence-electron chi connectivity index (χ1n) is 6.55. The van der Waals surface area contributed by atoms with Gasteiger partial charge in [0.15, 0.2) is 0 Å². The van der Waals surface area contributed by atoms with E-state index in [0.29, 0.717) is 6.04 Å². The number of halogens is 1. The van der Waals surface area contributed by atoms with Crippen LogP contribution < -0.4 is 4.74 Å². The number of methoxy groups -OCH3 is 1. The molecule has 108 valence electrons. The average Bonchev–Trinajstić information content (AvgIpc) is 2.46. The number of likely N-dealkylation sites (N-methyl/N-ethyl adjacent to an activating group) is 1. The molecule has 0 aliphatic carbocycles. The van der Waals surface area contributed by atoms with Crippen LogP contribution in [0.4, 0.5) is 0 Å². The summed E-state index contributed by atoms with van der Waals surface area (Å²) >= 11 is 0. The molecule has 0 fully saturated rings. The van der Waals surface area contributed by atoms with Crippen LogP contribution in [0.1, 0.15) is 17.2 Å². The van der Waals surface area contributed by atoms with Crippen molar-refractivity contribution in [1.29, 1.82) is 0 Å². The molecule has 0 radical (unpaired) electrons. The molecule has 2 nitrogen and oxygen atoms in total. The summed E-state index contributed by atoms with van der Waals surface area (Å²) in [6.07, 6.45) is 1.00. The molecule has 3 heteroatoms. The zero-order valence-electron chi connectivity index (χ0n) is 12.2. The van der Waals surface area contributed by atoms with Crippen molar-refractivity contribution in [2.24, 2.45) is 0 Å². The van der Waals surface area contributed by atoms with Crippen molar-refractivity contribution in [1.82, 2.24) is 4.90 Å². The minimum atomic E-state index is 0. The molecule has 0 saturated carbocycles. The van der Waals surface area contributed by atoms with Gasteiger partial charge in [0, 0.05) is 6.04 Å². The number of hydrogen-bond donors (Lipinski definition) is 0. The van der Waals surface area contributed by atoms with Crippen LogP contribution in [-0.4, -0.2) is 26.1 Å². The highest BCUT2D eigenvalue weighted by molar-refractivity contribution is 5.85. The van der Waals surface area contributed by atoms with E-state index >= 15 is 0 Å². The lowest BCUT2D eigenvalue weighted by molar-refractivity contribution is 0.297. The molecule has 0 aliphatic heterocycles. The van der Waals surface area contributed by atoms with Crippen LogP contribution in [0.15, 0.2) is 54.6 Å². The van der Waals surface area contributed by atoms with E-state index in [0.717, 1.165) is 12.2 Å². The van der Waals surface area contributed by atoms with E-state index in [1.54, 1.807) is 7.11 Å². The van der Waals surface area contributed by atoms with Gasteiger partial charge in [-0.25, -0.2) is 0 Å². The van der Waals surface area contributed by atoms with Crippen LogP contribution in [0, 0.1) is 0 Å². The maximum absolute atomic E-state index is 5.20. The summed E-state index contributed by atoms with van der Waals surface area (Å²) in [5, 5.41) is 0. The average molecular weight is 292 g/mol. The van der Waals surface area contributed by atoms with Crippen molar-refractivity contribution in [3.8, 4) is 5.75 Å². The number of rotatable bonds is 5. The van der Waals surface area contributed by atoms with Crippen molar-refractivity contribution in [3.05, 3.63) is 65.7 Å². The first-order valence-corrected chi connectivity index (χ1v) is 6.55. The summed E-state index contributed by atoms with van der Waals surface area (Å²) < 4.78 is 5.20. The van der Waals surface area contributed by atoms with E-state index < -0.39 is 0 Å². The molecular formula is C17H22ClNO. The quantitative estimate of drug-likeness (QED) is 0.827. The second kappa shape index (κ2) is 7.93. The molecule has 0 N–H and O–H groups in total. The second-order valence-electron chi connectivity index (χ2n) is 4.94. The van der Waals surface area contributed by atoms with Gasteiger partial charge in [-0.1, -0.05) is 42.5 Å². The summed E-state index contributed by atoms with van der Waals surface area (Å²) in [5.41, 5.74) is 2.67. The van der Waals surface area contributed by atoms with Gasteiger partial charge in [-0.15, -0.1) is 12.4 Å². The minimum absolute atomic E-state index is 0. The summed E-state index contributed by atoms with van der Waals surface area (Å²) in [6.45, 7) is 0. The van der Waals surface area contributed by atoms with Gasteiger partial charge in [-0.05, 0) is 43.8 Å². The van der Waals surface area contributed by atoms with Crippen molar-refractivity contribution in [2.75, 3.05) is 21.2 Å². The largest absolute Gasteiger partial charge is 0.497 e. The zero-order chi connectivity index (χ0) is 13.7. The molecule has 0 saturated heterocycles. The van der Waals surface area contributed by atoms with Crippen molar-refractivity contribution < 1.29 is 4.74 Å². The zero-order valence-corrected chi connectivity index (χ0v) is 13.1. The molecule has 0 heterocycles. The maximum atomic E-state index is 5.20. The smallest absolute Gasteiger partial charge is 0.118 e. The lowest BCUT2D eigenvalue weighted by atomic mass is 9.98. The normalized spacial score (nSPS) is 11.8. The maximum Gasteiger partial charge on any atom is 0.118 e. The Kier molecular flexibility index (Phi) is 6.56. The van der Waals surface area contributed by atoms with E-state index in [1.165, 1.54) is 11.1 Å². The molecular weight excluding hydrogens is 270 g/mol. The summed E-state index contributed by atoms with van der Waals surface area (Å²) in [7, 11) is 5.95. The van der Waals surface area contributed by atoms with Crippen LogP contribution in [-0.2, 0) is 6.42 Å². The van der Waals surface area contributed by atoms with Crippen molar-refractivity contribution in [2.45, 2.75) is 12.5 Å². The summed E-state index contributed by atoms with van der Waals surface area (Å²) in [5.74, 6) is 0.907. The highest BCUT2D eigenvalue weighted by Gasteiger charge is 2.14. The van der Waals surface area contributed by atoms with E-state index in [-0.39, 0.29) is 12.4 Å². The van der Waals surface area contributed by atoms with E-state index in [1.807, 2.05) is 12.1 Å². The van der Waals surface area contributed by atoms with Gasteiger partial charge in [0.05, 0.1) is 7.11 Å². The molecule has 2 aromatic carbocycles. The van der Waals surface area contributed by atoms with Crippen molar-refractivity contribution in [3.63, 3.8) is 0 Å². The van der Waals surface area contributed by atoms with E-state index in [9.17, 15) is 0 Å². The van der Waals surface area contributed by atoms with Gasteiger partial charge in [-0.2, -0.15) is 0 Å². The fourth-order valence-electron chi connectivity index (χ4n) is 2.26. The SMILES string of the molecule is COc1ccc(CC(c2ccccc2)N(C)C)cc1.Cl. The van der Waals surface area contributed by atoms with E-state index in [2.05, 4.69) is 61.5 Å². The number of benzene rings is 2. The third-order valence-corrected chi connectivity index (χ3v) is 3.40. The Bertz CT molecular complexity index is 496. The van der Waals surface area contributed by atoms with Crippen LogP contribution in [0.25, 0.3) is 0 Å². The molecule has 0 spiro atoms. The molecule has 0 aliphatic rings. The fourth-order valence-corrected chi connectivity index (χ4v) is 2.26. The molecule has 1 atom stereocenters. The Morgan fingerprint density at radius 2 is 1.55 bits per heavy atom. The molecule has 2 rings (SSSR count). The second-order valence-corrected chi connectivity index (χ2v) is 4.94. The predicted molar refractivity (Wildman–Crippen MR) is 86.8 cm³/mol. The van der Waals surface area contributed by atoms with Crippen LogP contribution in [0.3, 0.4) is 0 Å². The Hall–Kier alpha value is -1.51. The third-order valence-electron chi connectivity index (χ3n) is 3.40. The number of hydrogen-bond acceptors (Lipinski definition) is 2. The first kappa shape index (κ1) is 16.5. The molecule has 1 unspecified atom stereocenters. The van der Waals surface area contributed by atoms with Gasteiger partial charge in [-0.3, -0.25) is 0 Å². The Labute approximate surface area is 127 Å². The van der Waals surface area contributed by atoms with Crippen LogP contribution in [0.2, 0.25) is 0 Å². The van der Waals surface area contributed by atoms with Gasteiger partial charge in [0.25, 0.3) is 0 Å². The Morgan fingerprint density at radius 1 is 0.950 bits per heavy atom. The molecule has 0 aromatic heterocycles. The summed E-state index contributed by atoms with van der Waals surface area (Å²) in [4.78, 5) is 2.26. The lowest BCUT2D eigenvalue weighted by Gasteiger charge is -2.25. The van der Waals surface area contributed by atoms with Gasteiger partial charge in [0.2, 0.25) is 0 Å². The molecule has 0 bridgehead atoms.